The van der Waals surface area contributed by atoms with Gasteiger partial charge < -0.3 is 24.6 Å². The molecule has 0 spiro atoms. The number of aliphatic carboxylic acids is 2. The summed E-state index contributed by atoms with van der Waals surface area (Å²) in [6, 6.07) is 6.04. The summed E-state index contributed by atoms with van der Waals surface area (Å²) in [6.45, 7) is 10.1. The van der Waals surface area contributed by atoms with Crippen molar-refractivity contribution >= 4 is 42.4 Å². The summed E-state index contributed by atoms with van der Waals surface area (Å²) >= 11 is 0. The van der Waals surface area contributed by atoms with Crippen LogP contribution in [0.3, 0.4) is 0 Å². The molecule has 0 aliphatic rings. The Hall–Kier alpha value is -2.30. The fourth-order valence-electron chi connectivity index (χ4n) is 1.65. The van der Waals surface area contributed by atoms with E-state index in [1.807, 2.05) is 6.92 Å². The number of carbonyl (C=O) groups is 2. The zero-order valence-electron chi connectivity index (χ0n) is 15.3. The van der Waals surface area contributed by atoms with Gasteiger partial charge >= 0.3 is 11.9 Å². The van der Waals surface area contributed by atoms with Gasteiger partial charge in [0.15, 0.2) is 0 Å². The summed E-state index contributed by atoms with van der Waals surface area (Å²) in [5.41, 5.74) is 0.896. The van der Waals surface area contributed by atoms with E-state index in [0.717, 1.165) is 10.5 Å². The van der Waals surface area contributed by atoms with Crippen LogP contribution in [0.1, 0.15) is 5.56 Å². The molecule has 0 aromatic heterocycles. The van der Waals surface area contributed by atoms with Crippen LogP contribution < -0.4 is 0 Å². The number of hydrogen-bond donors (Lipinski definition) is 2. The first kappa shape index (κ1) is 34.2. The number of benzene rings is 1. The molecule has 0 aliphatic heterocycles. The molecule has 0 bridgehead atoms. The predicted molar refractivity (Wildman–Crippen MR) is 96.3 cm³/mol. The van der Waals surface area contributed by atoms with Gasteiger partial charge in [0.25, 0.3) is 10.1 Å². The minimum absolute atomic E-state index is 0. The van der Waals surface area contributed by atoms with E-state index >= 15 is 0 Å². The Morgan fingerprint density at radius 1 is 0.931 bits per heavy atom. The van der Waals surface area contributed by atoms with Gasteiger partial charge in [0.2, 0.25) is 0 Å². The van der Waals surface area contributed by atoms with E-state index < -0.39 is 35.1 Å². The van der Waals surface area contributed by atoms with Crippen LogP contribution in [0, 0.1) is 6.92 Å². The number of nitrogens with zero attached hydrogens (tertiary/aromatic N) is 1. The third kappa shape index (κ3) is 17.5. The van der Waals surface area contributed by atoms with Crippen molar-refractivity contribution in [2.45, 2.75) is 11.8 Å². The number of rotatable bonds is 9. The van der Waals surface area contributed by atoms with E-state index in [2.05, 4.69) is 20.4 Å². The Labute approximate surface area is 182 Å². The Morgan fingerprint density at radius 3 is 1.66 bits per heavy atom. The van der Waals surface area contributed by atoms with E-state index in [1.165, 1.54) is 12.1 Å². The maximum absolute atomic E-state index is 11.9. The van der Waals surface area contributed by atoms with Gasteiger partial charge in [0, 0.05) is 27.0 Å². The average molecular weight is 605 g/mol. The van der Waals surface area contributed by atoms with E-state index in [1.54, 1.807) is 12.1 Å². The molecule has 1 aromatic rings. The number of hydrogen-bond acceptors (Lipinski definition) is 9. The van der Waals surface area contributed by atoms with Crippen LogP contribution in [0.2, 0.25) is 0 Å². The molecule has 0 amide bonds. The molecule has 0 heterocycles. The first-order chi connectivity index (χ1) is 13.2. The molecule has 0 saturated carbocycles. The molecular formula is C16H20NO10ReS-3. The van der Waals surface area contributed by atoms with Crippen LogP contribution in [0.4, 0.5) is 0 Å². The summed E-state index contributed by atoms with van der Waals surface area (Å²) in [4.78, 5) is 45.5. The molecule has 0 fully saturated rings. The Morgan fingerprint density at radius 2 is 1.31 bits per heavy atom. The Kier molecular flexibility index (Phi) is 24.1. The SMILES string of the molecule is Cc1ccc(S(=O)(=O)OCCN(CC(=O)O)CC(=O)O)cc1.[CH-]=O.[CH-]=O.[CH-]=O.[Re]. The van der Waals surface area contributed by atoms with Crippen molar-refractivity contribution in [2.24, 2.45) is 0 Å². The van der Waals surface area contributed by atoms with Gasteiger partial charge in [-0.25, -0.2) is 0 Å². The maximum atomic E-state index is 11.9. The van der Waals surface area contributed by atoms with Crippen LogP contribution in [-0.4, -0.2) is 82.1 Å². The number of aryl methyl sites for hydroxylation is 1. The van der Waals surface area contributed by atoms with Gasteiger partial charge in [-0.3, -0.25) is 39.0 Å². The molecule has 13 heteroatoms. The first-order valence-corrected chi connectivity index (χ1v) is 8.44. The van der Waals surface area contributed by atoms with E-state index in [0.29, 0.717) is 0 Å². The summed E-state index contributed by atoms with van der Waals surface area (Å²) < 4.78 is 28.6. The standard InChI is InChI=1S/C13H17NO7S.3CHO.Re/c1-10-2-4-11(5-3-10)22(19,20)21-7-6-14(8-12(15)16)9-13(17)18;3*1-2;/h2-5H,6-9H2,1H3,(H,15,16)(H,17,18);3*1H;/q;3*-1;. The van der Waals surface area contributed by atoms with Crippen molar-refractivity contribution in [2.75, 3.05) is 26.2 Å². The van der Waals surface area contributed by atoms with Crippen molar-refractivity contribution in [3.63, 3.8) is 0 Å². The average Bonchev–Trinajstić information content (AvgIpc) is 2.66. The normalized spacial score (nSPS) is 9.17. The molecule has 1 radical (unpaired) electrons. The van der Waals surface area contributed by atoms with Gasteiger partial charge in [-0.05, 0) is 19.1 Å². The van der Waals surface area contributed by atoms with Crippen molar-refractivity contribution in [3.8, 4) is 0 Å². The fourth-order valence-corrected chi connectivity index (χ4v) is 2.55. The molecule has 1 rings (SSSR count). The van der Waals surface area contributed by atoms with Crippen molar-refractivity contribution in [1.29, 1.82) is 0 Å². The second kappa shape index (κ2) is 20.4. The minimum Gasteiger partial charge on any atom is -0.545 e. The number of carbonyl (C=O) groups excluding carboxylic acids is 3. The summed E-state index contributed by atoms with van der Waals surface area (Å²) in [5.74, 6) is -2.41. The molecule has 1 aromatic carbocycles. The molecule has 0 saturated heterocycles. The summed E-state index contributed by atoms with van der Waals surface area (Å²) in [6.07, 6.45) is 0. The minimum atomic E-state index is -3.95. The third-order valence-corrected chi connectivity index (χ3v) is 4.00. The maximum Gasteiger partial charge on any atom is 0.317 e. The van der Waals surface area contributed by atoms with Gasteiger partial charge in [0.1, 0.15) is 0 Å². The monoisotopic (exact) mass is 605 g/mol. The van der Waals surface area contributed by atoms with Crippen molar-refractivity contribution in [1.82, 2.24) is 4.90 Å². The zero-order chi connectivity index (χ0) is 22.8. The largest absolute Gasteiger partial charge is 0.545 e. The summed E-state index contributed by atoms with van der Waals surface area (Å²) in [7, 11) is -3.95. The molecule has 29 heavy (non-hydrogen) atoms. The van der Waals surface area contributed by atoms with Gasteiger partial charge in [0.05, 0.1) is 24.6 Å². The second-order valence-electron chi connectivity index (χ2n) is 4.59. The Balaban J connectivity index is -0.000000407. The summed E-state index contributed by atoms with van der Waals surface area (Å²) in [5, 5.41) is 17.3. The molecule has 0 atom stereocenters. The number of carboxylic acid groups (broad SMARTS) is 2. The topological polar surface area (TPSA) is 172 Å². The number of carboxylic acids is 2. The second-order valence-corrected chi connectivity index (χ2v) is 6.20. The molecular weight excluding hydrogens is 584 g/mol. The van der Waals surface area contributed by atoms with Crippen molar-refractivity contribution in [3.05, 3.63) is 29.8 Å². The predicted octanol–water partition coefficient (Wildman–Crippen LogP) is -0.653. The van der Waals surface area contributed by atoms with Gasteiger partial charge in [-0.15, -0.1) is 0 Å². The molecule has 11 nitrogen and oxygen atoms in total. The smallest absolute Gasteiger partial charge is 0.317 e. The van der Waals surface area contributed by atoms with Crippen LogP contribution in [0.5, 0.6) is 0 Å². The van der Waals surface area contributed by atoms with Crippen LogP contribution in [-0.2, 0) is 58.7 Å². The first-order valence-electron chi connectivity index (χ1n) is 7.03. The van der Waals surface area contributed by atoms with E-state index in [4.69, 9.17) is 28.8 Å². The zero-order valence-corrected chi connectivity index (χ0v) is 18.8. The molecule has 0 aliphatic carbocycles. The van der Waals surface area contributed by atoms with Crippen molar-refractivity contribution < 1.29 is 67.2 Å². The molecule has 165 valence electrons. The van der Waals surface area contributed by atoms with E-state index in [9.17, 15) is 18.0 Å². The van der Waals surface area contributed by atoms with Crippen LogP contribution in [0.25, 0.3) is 0 Å². The van der Waals surface area contributed by atoms with Crippen LogP contribution >= 0.6 is 0 Å². The van der Waals surface area contributed by atoms with Gasteiger partial charge in [-0.2, -0.15) is 8.42 Å². The van der Waals surface area contributed by atoms with E-state index in [-0.39, 0.29) is 38.5 Å². The quantitative estimate of drug-likeness (QED) is 0.208. The Bertz CT molecular complexity index is 661. The van der Waals surface area contributed by atoms with Gasteiger partial charge in [-0.1, -0.05) is 17.7 Å². The molecule has 0 unspecified atom stereocenters. The fraction of sp³-hybridized carbons (Fsp3) is 0.312. The molecule has 2 N–H and O–H groups in total. The van der Waals surface area contributed by atoms with Crippen LogP contribution in [0.15, 0.2) is 29.2 Å². The third-order valence-electron chi connectivity index (χ3n) is 2.67.